The van der Waals surface area contributed by atoms with Crippen LogP contribution in [-0.2, 0) is 0 Å². The van der Waals surface area contributed by atoms with Gasteiger partial charge >= 0.3 is 0 Å². The van der Waals surface area contributed by atoms with Gasteiger partial charge in [-0.3, -0.25) is 0 Å². The van der Waals surface area contributed by atoms with Crippen LogP contribution in [0.4, 0.5) is 0 Å². The fourth-order valence-corrected chi connectivity index (χ4v) is 2.81. The minimum absolute atomic E-state index is 0.333. The number of hydrogen-bond acceptors (Lipinski definition) is 2. The van der Waals surface area contributed by atoms with Crippen LogP contribution in [0.3, 0.4) is 0 Å². The molecule has 2 unspecified atom stereocenters. The van der Waals surface area contributed by atoms with Crippen molar-refractivity contribution < 1.29 is 5.11 Å². The summed E-state index contributed by atoms with van der Waals surface area (Å²) in [6.45, 7) is 7.10. The van der Waals surface area contributed by atoms with E-state index < -0.39 is 0 Å². The standard InChI is InChI=1S/C12H25NO/c1-3-11-7-5-8-12(11)13(4-2)9-6-10-14/h11-12,14H,3-10H2,1-2H3. The van der Waals surface area contributed by atoms with Crippen LogP contribution in [0.5, 0.6) is 0 Å². The fraction of sp³-hybridized carbons (Fsp3) is 1.00. The molecule has 0 aromatic carbocycles. The lowest BCUT2D eigenvalue weighted by molar-refractivity contribution is 0.149. The van der Waals surface area contributed by atoms with Crippen molar-refractivity contribution in [3.05, 3.63) is 0 Å². The molecule has 1 saturated carbocycles. The van der Waals surface area contributed by atoms with Crippen molar-refractivity contribution in [3.8, 4) is 0 Å². The van der Waals surface area contributed by atoms with Crippen LogP contribution >= 0.6 is 0 Å². The Bertz CT molecular complexity index is 149. The zero-order valence-electron chi connectivity index (χ0n) is 9.71. The Labute approximate surface area is 88.3 Å². The largest absolute Gasteiger partial charge is 0.396 e. The summed E-state index contributed by atoms with van der Waals surface area (Å²) in [5, 5.41) is 8.85. The van der Waals surface area contributed by atoms with Crippen LogP contribution in [0.25, 0.3) is 0 Å². The van der Waals surface area contributed by atoms with E-state index in [2.05, 4.69) is 18.7 Å². The quantitative estimate of drug-likeness (QED) is 0.709. The van der Waals surface area contributed by atoms with Gasteiger partial charge in [0.05, 0.1) is 0 Å². The van der Waals surface area contributed by atoms with Crippen molar-refractivity contribution in [1.29, 1.82) is 0 Å². The van der Waals surface area contributed by atoms with Gasteiger partial charge in [-0.1, -0.05) is 26.7 Å². The van der Waals surface area contributed by atoms with Crippen molar-refractivity contribution in [3.63, 3.8) is 0 Å². The lowest BCUT2D eigenvalue weighted by Gasteiger charge is -2.31. The topological polar surface area (TPSA) is 23.5 Å². The minimum Gasteiger partial charge on any atom is -0.396 e. The van der Waals surface area contributed by atoms with Crippen LogP contribution < -0.4 is 0 Å². The molecule has 2 heteroatoms. The highest BCUT2D eigenvalue weighted by atomic mass is 16.3. The summed E-state index contributed by atoms with van der Waals surface area (Å²) in [7, 11) is 0. The lowest BCUT2D eigenvalue weighted by atomic mass is 9.99. The normalized spacial score (nSPS) is 27.4. The van der Waals surface area contributed by atoms with E-state index in [9.17, 15) is 0 Å². The Kier molecular flexibility index (Phi) is 5.49. The average molecular weight is 199 g/mol. The van der Waals surface area contributed by atoms with Gasteiger partial charge in [0.15, 0.2) is 0 Å². The molecule has 14 heavy (non-hydrogen) atoms. The smallest absolute Gasteiger partial charge is 0.0443 e. The first kappa shape index (κ1) is 12.0. The predicted molar refractivity (Wildman–Crippen MR) is 60.4 cm³/mol. The molecule has 1 rings (SSSR count). The summed E-state index contributed by atoms with van der Waals surface area (Å²) in [5.41, 5.74) is 0. The summed E-state index contributed by atoms with van der Waals surface area (Å²) in [6.07, 6.45) is 6.44. The zero-order valence-corrected chi connectivity index (χ0v) is 9.71. The lowest BCUT2D eigenvalue weighted by Crippen LogP contribution is -2.38. The maximum Gasteiger partial charge on any atom is 0.0443 e. The highest BCUT2D eigenvalue weighted by molar-refractivity contribution is 4.84. The molecular formula is C12H25NO. The fourth-order valence-electron chi connectivity index (χ4n) is 2.81. The maximum atomic E-state index is 8.85. The van der Waals surface area contributed by atoms with Crippen molar-refractivity contribution in [2.45, 2.75) is 52.0 Å². The van der Waals surface area contributed by atoms with Crippen molar-refractivity contribution in [2.24, 2.45) is 5.92 Å². The van der Waals surface area contributed by atoms with E-state index in [1.54, 1.807) is 0 Å². The molecule has 1 aliphatic carbocycles. The van der Waals surface area contributed by atoms with Gasteiger partial charge in [0.1, 0.15) is 0 Å². The first-order valence-corrected chi connectivity index (χ1v) is 6.18. The molecular weight excluding hydrogens is 174 g/mol. The van der Waals surface area contributed by atoms with Crippen LogP contribution in [0.2, 0.25) is 0 Å². The maximum absolute atomic E-state index is 8.85. The number of aliphatic hydroxyl groups excluding tert-OH is 1. The van der Waals surface area contributed by atoms with Gasteiger partial charge < -0.3 is 10.0 Å². The van der Waals surface area contributed by atoms with Gasteiger partial charge in [0.25, 0.3) is 0 Å². The SMILES string of the molecule is CCC1CCCC1N(CC)CCCO. The Morgan fingerprint density at radius 3 is 2.64 bits per heavy atom. The van der Waals surface area contributed by atoms with Crippen LogP contribution in [0.15, 0.2) is 0 Å². The molecule has 0 heterocycles. The molecule has 1 aliphatic rings. The molecule has 0 amide bonds. The second-order valence-corrected chi connectivity index (χ2v) is 4.37. The molecule has 1 N–H and O–H groups in total. The number of hydrogen-bond donors (Lipinski definition) is 1. The third-order valence-corrected chi connectivity index (χ3v) is 3.62. The number of aliphatic hydroxyl groups is 1. The van der Waals surface area contributed by atoms with Crippen LogP contribution in [-0.4, -0.2) is 35.7 Å². The third-order valence-electron chi connectivity index (χ3n) is 3.62. The first-order valence-electron chi connectivity index (χ1n) is 6.18. The number of rotatable bonds is 6. The van der Waals surface area contributed by atoms with E-state index in [0.29, 0.717) is 6.61 Å². The van der Waals surface area contributed by atoms with Gasteiger partial charge in [0, 0.05) is 19.2 Å². The molecule has 0 radical (unpaired) electrons. The predicted octanol–water partition coefficient (Wildman–Crippen LogP) is 2.27. The molecule has 0 spiro atoms. The van der Waals surface area contributed by atoms with E-state index in [-0.39, 0.29) is 0 Å². The van der Waals surface area contributed by atoms with E-state index in [4.69, 9.17) is 5.11 Å². The van der Waals surface area contributed by atoms with Crippen molar-refractivity contribution in [2.75, 3.05) is 19.7 Å². The van der Waals surface area contributed by atoms with Crippen LogP contribution in [0.1, 0.15) is 46.0 Å². The molecule has 0 aliphatic heterocycles. The van der Waals surface area contributed by atoms with Crippen molar-refractivity contribution in [1.82, 2.24) is 4.90 Å². The first-order chi connectivity index (χ1) is 6.83. The minimum atomic E-state index is 0.333. The molecule has 0 saturated heterocycles. The Morgan fingerprint density at radius 1 is 1.29 bits per heavy atom. The average Bonchev–Trinajstić information content (AvgIpc) is 2.67. The molecule has 2 nitrogen and oxygen atoms in total. The van der Waals surface area contributed by atoms with Gasteiger partial charge in [-0.15, -0.1) is 0 Å². The van der Waals surface area contributed by atoms with Crippen LogP contribution in [0, 0.1) is 5.92 Å². The van der Waals surface area contributed by atoms with Gasteiger partial charge in [0.2, 0.25) is 0 Å². The highest BCUT2D eigenvalue weighted by Gasteiger charge is 2.29. The summed E-state index contributed by atoms with van der Waals surface area (Å²) in [6, 6.07) is 0.802. The monoisotopic (exact) mass is 199 g/mol. The summed E-state index contributed by atoms with van der Waals surface area (Å²) < 4.78 is 0. The second-order valence-electron chi connectivity index (χ2n) is 4.37. The molecule has 2 atom stereocenters. The summed E-state index contributed by atoms with van der Waals surface area (Å²) in [4.78, 5) is 2.57. The van der Waals surface area contributed by atoms with Gasteiger partial charge in [-0.2, -0.15) is 0 Å². The Balaban J connectivity index is 2.41. The summed E-state index contributed by atoms with van der Waals surface area (Å²) >= 11 is 0. The second kappa shape index (κ2) is 6.41. The third kappa shape index (κ3) is 2.96. The van der Waals surface area contributed by atoms with E-state index in [1.165, 1.54) is 25.7 Å². The highest BCUT2D eigenvalue weighted by Crippen LogP contribution is 2.32. The molecule has 84 valence electrons. The molecule has 1 fully saturated rings. The van der Waals surface area contributed by atoms with E-state index in [0.717, 1.165) is 31.5 Å². The Morgan fingerprint density at radius 2 is 2.07 bits per heavy atom. The zero-order chi connectivity index (χ0) is 10.4. The molecule has 0 aromatic heterocycles. The van der Waals surface area contributed by atoms with Crippen molar-refractivity contribution >= 4 is 0 Å². The number of nitrogens with zero attached hydrogens (tertiary/aromatic N) is 1. The molecule has 0 aromatic rings. The van der Waals surface area contributed by atoms with E-state index >= 15 is 0 Å². The van der Waals surface area contributed by atoms with Gasteiger partial charge in [-0.05, 0) is 31.7 Å². The molecule has 0 bridgehead atoms. The van der Waals surface area contributed by atoms with E-state index in [1.807, 2.05) is 0 Å². The van der Waals surface area contributed by atoms with Gasteiger partial charge in [-0.25, -0.2) is 0 Å². The summed E-state index contributed by atoms with van der Waals surface area (Å²) in [5.74, 6) is 0.911. The Hall–Kier alpha value is -0.0800.